The van der Waals surface area contributed by atoms with Crippen LogP contribution >= 0.6 is 12.4 Å². The third-order valence-corrected chi connectivity index (χ3v) is 5.59. The van der Waals surface area contributed by atoms with Crippen molar-refractivity contribution in [2.24, 2.45) is 11.1 Å². The fraction of sp³-hybridized carbons (Fsp3) is 0.632. The van der Waals surface area contributed by atoms with Crippen molar-refractivity contribution in [3.05, 3.63) is 35.4 Å². The van der Waals surface area contributed by atoms with Gasteiger partial charge < -0.3 is 11.1 Å². The number of carbonyl (C=O) groups is 1. The number of amides is 1. The maximum atomic E-state index is 12.6. The number of nitrogens with two attached hydrogens (primary N) is 1. The molecule has 3 rings (SSSR count). The molecule has 0 saturated heterocycles. The van der Waals surface area contributed by atoms with Gasteiger partial charge in [-0.3, -0.25) is 4.79 Å². The molecule has 1 unspecified atom stereocenters. The number of nitrogens with one attached hydrogen (secondary N) is 1. The molecule has 4 heteroatoms. The van der Waals surface area contributed by atoms with Gasteiger partial charge in [0.05, 0.1) is 6.04 Å². The molecule has 0 aliphatic heterocycles. The monoisotopic (exact) mass is 336 g/mol. The van der Waals surface area contributed by atoms with Gasteiger partial charge >= 0.3 is 0 Å². The minimum Gasteiger partial charge on any atom is -0.349 e. The maximum Gasteiger partial charge on any atom is 0.221 e. The summed E-state index contributed by atoms with van der Waals surface area (Å²) in [6, 6.07) is 8.71. The van der Waals surface area contributed by atoms with E-state index >= 15 is 0 Å². The number of hydrogen-bond donors (Lipinski definition) is 2. The lowest BCUT2D eigenvalue weighted by Crippen LogP contribution is -2.40. The lowest BCUT2D eigenvalue weighted by Gasteiger charge is -2.36. The number of rotatable bonds is 4. The fourth-order valence-corrected chi connectivity index (χ4v) is 4.24. The van der Waals surface area contributed by atoms with Crippen LogP contribution < -0.4 is 11.1 Å². The van der Waals surface area contributed by atoms with Gasteiger partial charge in [-0.25, -0.2) is 0 Å². The third kappa shape index (κ3) is 4.27. The molecule has 3 nitrogen and oxygen atoms in total. The van der Waals surface area contributed by atoms with E-state index in [0.717, 1.165) is 32.1 Å². The van der Waals surface area contributed by atoms with Gasteiger partial charge in [-0.15, -0.1) is 12.4 Å². The lowest BCUT2D eigenvalue weighted by atomic mass is 9.71. The molecule has 0 heterocycles. The zero-order valence-electron chi connectivity index (χ0n) is 13.9. The van der Waals surface area contributed by atoms with Gasteiger partial charge in [-0.2, -0.15) is 0 Å². The van der Waals surface area contributed by atoms with Gasteiger partial charge in [0, 0.05) is 6.42 Å². The Kier molecular flexibility index (Phi) is 6.49. The molecule has 128 valence electrons. The van der Waals surface area contributed by atoms with E-state index in [-0.39, 0.29) is 29.8 Å². The summed E-state index contributed by atoms with van der Waals surface area (Å²) in [7, 11) is 0. The Morgan fingerprint density at radius 3 is 2.65 bits per heavy atom. The zero-order valence-corrected chi connectivity index (χ0v) is 14.7. The summed E-state index contributed by atoms with van der Waals surface area (Å²) < 4.78 is 0. The van der Waals surface area contributed by atoms with Crippen molar-refractivity contribution >= 4 is 18.3 Å². The average molecular weight is 337 g/mol. The minimum absolute atomic E-state index is 0. The minimum atomic E-state index is 0. The van der Waals surface area contributed by atoms with Crippen LogP contribution in [0.2, 0.25) is 0 Å². The second-order valence-corrected chi connectivity index (χ2v) is 7.15. The summed E-state index contributed by atoms with van der Waals surface area (Å²) in [5.41, 5.74) is 8.77. The number of aryl methyl sites for hydroxylation is 1. The summed E-state index contributed by atoms with van der Waals surface area (Å²) in [5.74, 6) is 0.189. The van der Waals surface area contributed by atoms with Crippen molar-refractivity contribution in [2.45, 2.75) is 63.8 Å². The summed E-state index contributed by atoms with van der Waals surface area (Å²) in [6.45, 7) is 0.641. The Hall–Kier alpha value is -1.06. The van der Waals surface area contributed by atoms with E-state index in [4.69, 9.17) is 5.73 Å². The summed E-state index contributed by atoms with van der Waals surface area (Å²) in [5, 5.41) is 3.29. The first kappa shape index (κ1) is 18.3. The number of hydrogen-bond acceptors (Lipinski definition) is 2. The van der Waals surface area contributed by atoms with Crippen molar-refractivity contribution in [1.29, 1.82) is 0 Å². The first-order valence-electron chi connectivity index (χ1n) is 8.80. The van der Waals surface area contributed by atoms with Gasteiger partial charge in [-0.1, -0.05) is 43.5 Å². The summed E-state index contributed by atoms with van der Waals surface area (Å²) >= 11 is 0. The molecule has 0 radical (unpaired) electrons. The smallest absolute Gasteiger partial charge is 0.221 e. The molecule has 1 fully saturated rings. The van der Waals surface area contributed by atoms with Gasteiger partial charge in [-0.05, 0) is 55.2 Å². The largest absolute Gasteiger partial charge is 0.349 e. The van der Waals surface area contributed by atoms with Gasteiger partial charge in [0.1, 0.15) is 0 Å². The molecule has 2 aliphatic rings. The Morgan fingerprint density at radius 2 is 1.91 bits per heavy atom. The highest BCUT2D eigenvalue weighted by molar-refractivity contribution is 5.85. The van der Waals surface area contributed by atoms with Crippen LogP contribution in [0.25, 0.3) is 0 Å². The van der Waals surface area contributed by atoms with E-state index in [1.165, 1.54) is 30.4 Å². The average Bonchev–Trinajstić information content (AvgIpc) is 2.56. The predicted octanol–water partition coefficient (Wildman–Crippen LogP) is 3.90. The van der Waals surface area contributed by atoms with E-state index in [9.17, 15) is 4.79 Å². The fourth-order valence-electron chi connectivity index (χ4n) is 4.24. The number of halogens is 1. The SMILES string of the molecule is Cl.NCC1(CC(=O)NC2CCCc3ccccc32)CCCCC1. The molecule has 2 aliphatic carbocycles. The van der Waals surface area contributed by atoms with E-state index in [0.29, 0.717) is 13.0 Å². The molecule has 3 N–H and O–H groups in total. The van der Waals surface area contributed by atoms with E-state index < -0.39 is 0 Å². The topological polar surface area (TPSA) is 55.1 Å². The Balaban J connectivity index is 0.00000192. The normalized spacial score (nSPS) is 22.6. The first-order chi connectivity index (χ1) is 10.7. The van der Waals surface area contributed by atoms with Crippen LogP contribution in [0.1, 0.15) is 68.5 Å². The van der Waals surface area contributed by atoms with Crippen molar-refractivity contribution < 1.29 is 4.79 Å². The van der Waals surface area contributed by atoms with Gasteiger partial charge in [0.2, 0.25) is 5.91 Å². The molecule has 23 heavy (non-hydrogen) atoms. The van der Waals surface area contributed by atoms with E-state index in [2.05, 4.69) is 29.6 Å². The van der Waals surface area contributed by atoms with Crippen LogP contribution in [0, 0.1) is 5.41 Å². The van der Waals surface area contributed by atoms with Crippen molar-refractivity contribution in [3.63, 3.8) is 0 Å². The Morgan fingerprint density at radius 1 is 1.17 bits per heavy atom. The first-order valence-corrected chi connectivity index (χ1v) is 8.80. The van der Waals surface area contributed by atoms with Crippen LogP contribution in [-0.2, 0) is 11.2 Å². The number of benzene rings is 1. The quantitative estimate of drug-likeness (QED) is 0.876. The van der Waals surface area contributed by atoms with Crippen LogP contribution in [0.5, 0.6) is 0 Å². The number of fused-ring (bicyclic) bond motifs is 1. The Labute approximate surface area is 145 Å². The molecule has 1 aromatic carbocycles. The van der Waals surface area contributed by atoms with E-state index in [1.807, 2.05) is 0 Å². The molecule has 0 bridgehead atoms. The molecule has 1 amide bonds. The standard InChI is InChI=1S/C19H28N2O.ClH/c20-14-19(11-4-1-5-12-19)13-18(22)21-17-10-6-8-15-7-2-3-9-16(15)17;/h2-3,7,9,17H,1,4-6,8,10-14,20H2,(H,21,22);1H. The second-order valence-electron chi connectivity index (χ2n) is 7.15. The van der Waals surface area contributed by atoms with E-state index in [1.54, 1.807) is 0 Å². The van der Waals surface area contributed by atoms with Gasteiger partial charge in [0.25, 0.3) is 0 Å². The molecular formula is C19H29ClN2O. The third-order valence-electron chi connectivity index (χ3n) is 5.59. The molecule has 1 atom stereocenters. The lowest BCUT2D eigenvalue weighted by molar-refractivity contribution is -0.124. The molecule has 0 aromatic heterocycles. The highest BCUT2D eigenvalue weighted by atomic mass is 35.5. The maximum absolute atomic E-state index is 12.6. The van der Waals surface area contributed by atoms with Crippen molar-refractivity contribution in [2.75, 3.05) is 6.54 Å². The summed E-state index contributed by atoms with van der Waals surface area (Å²) in [6.07, 6.45) is 9.89. The highest BCUT2D eigenvalue weighted by Crippen LogP contribution is 2.38. The molecule has 1 aromatic rings. The summed E-state index contributed by atoms with van der Waals surface area (Å²) in [4.78, 5) is 12.6. The number of carbonyl (C=O) groups excluding carboxylic acids is 1. The van der Waals surface area contributed by atoms with Crippen molar-refractivity contribution in [3.8, 4) is 0 Å². The highest BCUT2D eigenvalue weighted by Gasteiger charge is 2.33. The predicted molar refractivity (Wildman–Crippen MR) is 96.7 cm³/mol. The Bertz CT molecular complexity index is 526. The zero-order chi connectivity index (χ0) is 15.4. The van der Waals surface area contributed by atoms with Crippen LogP contribution in [0.3, 0.4) is 0 Å². The molecular weight excluding hydrogens is 308 g/mol. The van der Waals surface area contributed by atoms with Crippen molar-refractivity contribution in [1.82, 2.24) is 5.32 Å². The second kappa shape index (κ2) is 8.16. The van der Waals surface area contributed by atoms with Crippen LogP contribution in [0.15, 0.2) is 24.3 Å². The molecule has 1 saturated carbocycles. The molecule has 0 spiro atoms. The van der Waals surface area contributed by atoms with Crippen LogP contribution in [0.4, 0.5) is 0 Å². The van der Waals surface area contributed by atoms with Crippen LogP contribution in [-0.4, -0.2) is 12.5 Å². The van der Waals surface area contributed by atoms with Gasteiger partial charge in [0.15, 0.2) is 0 Å².